The van der Waals surface area contributed by atoms with Gasteiger partial charge < -0.3 is 19.3 Å². The van der Waals surface area contributed by atoms with E-state index in [2.05, 4.69) is 13.5 Å². The van der Waals surface area contributed by atoms with Crippen LogP contribution in [0.15, 0.2) is 36.4 Å². The van der Waals surface area contributed by atoms with Crippen molar-refractivity contribution in [2.75, 3.05) is 19.8 Å². The Morgan fingerprint density at radius 2 is 1.65 bits per heavy atom. The van der Waals surface area contributed by atoms with Crippen LogP contribution in [0, 0.1) is 23.2 Å². The minimum absolute atomic E-state index is 0.0118. The Bertz CT molecular complexity index is 935. The van der Waals surface area contributed by atoms with E-state index >= 15 is 0 Å². The van der Waals surface area contributed by atoms with E-state index in [9.17, 15) is 23.5 Å². The molecule has 1 aromatic carbocycles. The number of carbonyl (C=O) groups excluding carboxylic acids is 2. The van der Waals surface area contributed by atoms with Crippen LogP contribution in [0.1, 0.15) is 91.0 Å². The molecule has 1 atom stereocenters. The average molecular weight is 567 g/mol. The van der Waals surface area contributed by atoms with E-state index in [0.717, 1.165) is 24.8 Å². The molecule has 1 aromatic rings. The first-order valence-electron chi connectivity index (χ1n) is 14.7. The van der Waals surface area contributed by atoms with E-state index in [4.69, 9.17) is 14.2 Å². The zero-order valence-electron chi connectivity index (χ0n) is 24.7. The fourth-order valence-electron chi connectivity index (χ4n) is 4.80. The van der Waals surface area contributed by atoms with Gasteiger partial charge in [0.2, 0.25) is 0 Å². The van der Waals surface area contributed by atoms with E-state index in [1.807, 2.05) is 0 Å². The third-order valence-corrected chi connectivity index (χ3v) is 7.80. The van der Waals surface area contributed by atoms with Gasteiger partial charge in [-0.2, -0.15) is 8.78 Å². The van der Waals surface area contributed by atoms with Crippen molar-refractivity contribution >= 4 is 11.9 Å². The molecule has 0 saturated heterocycles. The summed E-state index contributed by atoms with van der Waals surface area (Å²) in [6.07, 6.45) is 4.84. The number of aliphatic hydroxyl groups excluding tert-OH is 1. The lowest BCUT2D eigenvalue weighted by Crippen LogP contribution is -2.37. The molecule has 0 bridgehead atoms. The molecule has 1 fully saturated rings. The highest BCUT2D eigenvalue weighted by atomic mass is 19.3. The van der Waals surface area contributed by atoms with Gasteiger partial charge >= 0.3 is 18.0 Å². The van der Waals surface area contributed by atoms with Gasteiger partial charge in [-0.1, -0.05) is 58.2 Å². The van der Waals surface area contributed by atoms with Crippen LogP contribution in [0.3, 0.4) is 0 Å². The molecule has 0 amide bonds. The predicted octanol–water partition coefficient (Wildman–Crippen LogP) is 7.27. The van der Waals surface area contributed by atoms with E-state index in [-0.39, 0.29) is 31.5 Å². The molecule has 6 nitrogen and oxygen atoms in total. The predicted molar refractivity (Wildman–Crippen MR) is 151 cm³/mol. The van der Waals surface area contributed by atoms with Gasteiger partial charge in [0.25, 0.3) is 0 Å². The number of ether oxygens (including phenoxy) is 3. The Kier molecular flexibility index (Phi) is 13.6. The van der Waals surface area contributed by atoms with Gasteiger partial charge in [0.15, 0.2) is 0 Å². The molecule has 0 aromatic heterocycles. The molecule has 1 aliphatic carbocycles. The summed E-state index contributed by atoms with van der Waals surface area (Å²) in [6.45, 7) is 10.4. The molecule has 1 N–H and O–H groups in total. The van der Waals surface area contributed by atoms with Gasteiger partial charge in [-0.05, 0) is 76.0 Å². The minimum Gasteiger partial charge on any atom is -0.465 e. The molecule has 1 saturated carbocycles. The van der Waals surface area contributed by atoms with Crippen LogP contribution in [-0.2, 0) is 25.5 Å². The molecule has 1 aliphatic rings. The van der Waals surface area contributed by atoms with Crippen molar-refractivity contribution in [2.45, 2.75) is 98.0 Å². The second kappa shape index (κ2) is 16.1. The quantitative estimate of drug-likeness (QED) is 0.121. The lowest BCUT2D eigenvalue weighted by Gasteiger charge is -2.33. The van der Waals surface area contributed by atoms with Crippen LogP contribution in [0.5, 0.6) is 5.75 Å². The first-order chi connectivity index (χ1) is 18.9. The molecule has 0 heterocycles. The number of hydrogen-bond donors (Lipinski definition) is 1. The number of carbonyl (C=O) groups is 2. The molecule has 0 radical (unpaired) electrons. The number of rotatable bonds is 17. The standard InChI is InChI=1S/C32H48F2O6/c1-6-8-9-10-24-11-15-27(16-12-24)32(33,34)40-28-17-13-25(14-18-28)19-26(20-38-29(36)23(3)7-2)21-39-30(37)31(4,5)22-35/h13-14,17-18,24,26-27,35H,3,6-12,15-16,19-22H2,1-2,4-5H3. The summed E-state index contributed by atoms with van der Waals surface area (Å²) >= 11 is 0. The van der Waals surface area contributed by atoms with Gasteiger partial charge in [-0.15, -0.1) is 0 Å². The third kappa shape index (κ3) is 10.8. The van der Waals surface area contributed by atoms with Crippen molar-refractivity contribution < 1.29 is 37.7 Å². The molecule has 8 heteroatoms. The molecule has 0 spiro atoms. The van der Waals surface area contributed by atoms with Crippen LogP contribution in [0.2, 0.25) is 0 Å². The number of hydrogen-bond acceptors (Lipinski definition) is 6. The molecular weight excluding hydrogens is 518 g/mol. The van der Waals surface area contributed by atoms with E-state index in [0.29, 0.717) is 37.2 Å². The minimum atomic E-state index is -3.23. The summed E-state index contributed by atoms with van der Waals surface area (Å²) in [4.78, 5) is 24.4. The van der Waals surface area contributed by atoms with Crippen molar-refractivity contribution in [2.24, 2.45) is 23.2 Å². The van der Waals surface area contributed by atoms with Crippen LogP contribution < -0.4 is 4.74 Å². The summed E-state index contributed by atoms with van der Waals surface area (Å²) in [5.74, 6) is -1.62. The Morgan fingerprint density at radius 3 is 2.23 bits per heavy atom. The topological polar surface area (TPSA) is 82.1 Å². The number of unbranched alkanes of at least 4 members (excludes halogenated alkanes) is 2. The molecule has 226 valence electrons. The largest absolute Gasteiger partial charge is 0.465 e. The first-order valence-corrected chi connectivity index (χ1v) is 14.7. The van der Waals surface area contributed by atoms with Crippen molar-refractivity contribution in [1.82, 2.24) is 0 Å². The van der Waals surface area contributed by atoms with E-state index in [1.54, 1.807) is 32.9 Å². The lowest BCUT2D eigenvalue weighted by molar-refractivity contribution is -0.223. The summed E-state index contributed by atoms with van der Waals surface area (Å²) in [7, 11) is 0. The third-order valence-electron chi connectivity index (χ3n) is 7.80. The van der Waals surface area contributed by atoms with Gasteiger partial charge in [0.05, 0.1) is 31.2 Å². The summed E-state index contributed by atoms with van der Waals surface area (Å²) in [6, 6.07) is 6.41. The maximum atomic E-state index is 15.0. The Morgan fingerprint density at radius 1 is 1.02 bits per heavy atom. The summed E-state index contributed by atoms with van der Waals surface area (Å²) in [5, 5.41) is 9.43. The van der Waals surface area contributed by atoms with Gasteiger partial charge in [-0.25, -0.2) is 4.79 Å². The van der Waals surface area contributed by atoms with Crippen molar-refractivity contribution in [3.63, 3.8) is 0 Å². The SMILES string of the molecule is C=C(CC)C(=O)OCC(COC(=O)C(C)(C)CO)Cc1ccc(OC(F)(F)C2CCC(CCCCC)CC2)cc1. The molecule has 1 unspecified atom stereocenters. The fraction of sp³-hybridized carbons (Fsp3) is 0.688. The number of esters is 2. The molecule has 40 heavy (non-hydrogen) atoms. The fourth-order valence-corrected chi connectivity index (χ4v) is 4.80. The first kappa shape index (κ1) is 33.7. The van der Waals surface area contributed by atoms with Crippen molar-refractivity contribution in [3.05, 3.63) is 42.0 Å². The molecule has 2 rings (SSSR count). The number of benzene rings is 1. The van der Waals surface area contributed by atoms with Gasteiger partial charge in [0.1, 0.15) is 5.75 Å². The highest BCUT2D eigenvalue weighted by molar-refractivity contribution is 5.87. The summed E-state index contributed by atoms with van der Waals surface area (Å²) in [5.41, 5.74) is 0.0663. The zero-order valence-corrected chi connectivity index (χ0v) is 24.7. The maximum Gasteiger partial charge on any atom is 0.400 e. The Balaban J connectivity index is 1.97. The normalized spacial score (nSPS) is 18.6. The highest BCUT2D eigenvalue weighted by Gasteiger charge is 2.43. The Hall–Kier alpha value is -2.48. The van der Waals surface area contributed by atoms with Gasteiger partial charge in [0, 0.05) is 11.5 Å². The second-order valence-corrected chi connectivity index (χ2v) is 11.8. The highest BCUT2D eigenvalue weighted by Crippen LogP contribution is 2.41. The smallest absolute Gasteiger partial charge is 0.400 e. The maximum absolute atomic E-state index is 15.0. The van der Waals surface area contributed by atoms with Crippen molar-refractivity contribution in [3.8, 4) is 5.75 Å². The van der Waals surface area contributed by atoms with E-state index < -0.39 is 29.4 Å². The van der Waals surface area contributed by atoms with Crippen LogP contribution in [0.25, 0.3) is 0 Å². The Labute approximate surface area is 238 Å². The van der Waals surface area contributed by atoms with E-state index in [1.165, 1.54) is 31.4 Å². The van der Waals surface area contributed by atoms with Crippen molar-refractivity contribution in [1.29, 1.82) is 0 Å². The lowest BCUT2D eigenvalue weighted by atomic mass is 9.79. The monoisotopic (exact) mass is 566 g/mol. The second-order valence-electron chi connectivity index (χ2n) is 11.8. The molecule has 0 aliphatic heterocycles. The summed E-state index contributed by atoms with van der Waals surface area (Å²) < 4.78 is 45.9. The number of alkyl halides is 2. The van der Waals surface area contributed by atoms with Crippen LogP contribution >= 0.6 is 0 Å². The average Bonchev–Trinajstić information content (AvgIpc) is 2.94. The van der Waals surface area contributed by atoms with Crippen LogP contribution in [0.4, 0.5) is 8.78 Å². The number of aliphatic hydroxyl groups is 1. The zero-order chi connectivity index (χ0) is 29.8. The van der Waals surface area contributed by atoms with Crippen LogP contribution in [-0.4, -0.2) is 43.0 Å². The van der Waals surface area contributed by atoms with Gasteiger partial charge in [-0.3, -0.25) is 4.79 Å². The number of halogens is 2. The molecular formula is C32H48F2O6.